The molecule has 0 radical (unpaired) electrons. The second kappa shape index (κ2) is 7.25. The van der Waals surface area contributed by atoms with Gasteiger partial charge < -0.3 is 0 Å². The van der Waals surface area contributed by atoms with E-state index >= 15 is 0 Å². The number of hydrogen-bond acceptors (Lipinski definition) is 5. The predicted molar refractivity (Wildman–Crippen MR) is 89.6 cm³/mol. The molecule has 0 saturated heterocycles. The van der Waals surface area contributed by atoms with E-state index in [0.29, 0.717) is 17.4 Å². The van der Waals surface area contributed by atoms with E-state index in [2.05, 4.69) is 19.8 Å². The van der Waals surface area contributed by atoms with E-state index in [1.54, 1.807) is 12.1 Å². The van der Waals surface area contributed by atoms with Crippen molar-refractivity contribution >= 4 is 21.6 Å². The Kier molecular flexibility index (Phi) is 5.18. The maximum absolute atomic E-state index is 13.0. The Balaban J connectivity index is 1.87. The van der Waals surface area contributed by atoms with Crippen molar-refractivity contribution in [3.8, 4) is 5.82 Å². The zero-order chi connectivity index (χ0) is 19.7. The Morgan fingerprint density at radius 1 is 1.22 bits per heavy atom. The monoisotopic (exact) mass is 417 g/mol. The lowest BCUT2D eigenvalue weighted by Gasteiger charge is -2.13. The molecule has 0 amide bonds. The number of benzene rings is 1. The Labute approximate surface area is 156 Å². The number of pyridine rings is 1. The SMILES string of the molecule is O=S(=O)(NCc1cccnc1-n1cncn1)c1ccc(Cl)c(C(F)(F)F)c1. The van der Waals surface area contributed by atoms with Crippen molar-refractivity contribution in [1.29, 1.82) is 0 Å². The van der Waals surface area contributed by atoms with Crippen LogP contribution in [0.2, 0.25) is 5.02 Å². The number of hydrogen-bond donors (Lipinski definition) is 1. The first-order valence-corrected chi connectivity index (χ1v) is 9.20. The normalized spacial score (nSPS) is 12.3. The van der Waals surface area contributed by atoms with Crippen LogP contribution in [0.3, 0.4) is 0 Å². The summed E-state index contributed by atoms with van der Waals surface area (Å²) in [6, 6.07) is 5.58. The molecule has 3 aromatic rings. The van der Waals surface area contributed by atoms with Crippen LogP contribution in [0.1, 0.15) is 11.1 Å². The molecule has 142 valence electrons. The zero-order valence-electron chi connectivity index (χ0n) is 13.4. The van der Waals surface area contributed by atoms with Crippen molar-refractivity contribution in [3.05, 3.63) is 65.3 Å². The Morgan fingerprint density at radius 3 is 2.67 bits per heavy atom. The molecular formula is C15H11ClF3N5O2S. The van der Waals surface area contributed by atoms with Crippen molar-refractivity contribution in [2.45, 2.75) is 17.6 Å². The van der Waals surface area contributed by atoms with Crippen molar-refractivity contribution < 1.29 is 21.6 Å². The molecule has 0 unspecified atom stereocenters. The first-order valence-electron chi connectivity index (χ1n) is 7.34. The molecule has 0 aliphatic heterocycles. The van der Waals surface area contributed by atoms with Gasteiger partial charge in [-0.2, -0.15) is 18.3 Å². The van der Waals surface area contributed by atoms with Crippen LogP contribution >= 0.6 is 11.6 Å². The first-order chi connectivity index (χ1) is 12.7. The topological polar surface area (TPSA) is 89.8 Å². The minimum Gasteiger partial charge on any atom is -0.237 e. The highest BCUT2D eigenvalue weighted by Crippen LogP contribution is 2.35. The lowest BCUT2D eigenvalue weighted by Crippen LogP contribution is -2.24. The molecule has 2 heterocycles. The number of rotatable bonds is 5. The van der Waals surface area contributed by atoms with Crippen LogP contribution in [0, 0.1) is 0 Å². The van der Waals surface area contributed by atoms with Crippen LogP contribution < -0.4 is 4.72 Å². The van der Waals surface area contributed by atoms with E-state index < -0.39 is 31.7 Å². The number of alkyl halides is 3. The van der Waals surface area contributed by atoms with Crippen LogP contribution in [-0.4, -0.2) is 28.2 Å². The van der Waals surface area contributed by atoms with E-state index in [0.717, 1.165) is 12.1 Å². The van der Waals surface area contributed by atoms with Gasteiger partial charge in [0.05, 0.1) is 15.5 Å². The van der Waals surface area contributed by atoms with Crippen LogP contribution in [0.4, 0.5) is 13.2 Å². The molecule has 0 saturated carbocycles. The van der Waals surface area contributed by atoms with Gasteiger partial charge in [0.1, 0.15) is 12.7 Å². The van der Waals surface area contributed by atoms with Gasteiger partial charge in [0, 0.05) is 18.3 Å². The van der Waals surface area contributed by atoms with Crippen molar-refractivity contribution in [1.82, 2.24) is 24.5 Å². The van der Waals surface area contributed by atoms with Crippen molar-refractivity contribution in [2.75, 3.05) is 0 Å². The number of nitrogens with one attached hydrogen (secondary N) is 1. The summed E-state index contributed by atoms with van der Waals surface area (Å²) in [5.41, 5.74) is -0.770. The Morgan fingerprint density at radius 2 is 2.00 bits per heavy atom. The predicted octanol–water partition coefficient (Wildman–Crippen LogP) is 2.81. The number of nitrogens with zero attached hydrogens (tertiary/aromatic N) is 4. The number of halogens is 4. The fourth-order valence-electron chi connectivity index (χ4n) is 2.24. The smallest absolute Gasteiger partial charge is 0.237 e. The molecule has 1 N–H and O–H groups in total. The lowest BCUT2D eigenvalue weighted by atomic mass is 10.2. The van der Waals surface area contributed by atoms with Crippen LogP contribution in [0.15, 0.2) is 54.1 Å². The highest BCUT2D eigenvalue weighted by molar-refractivity contribution is 7.89. The fourth-order valence-corrected chi connectivity index (χ4v) is 3.49. The summed E-state index contributed by atoms with van der Waals surface area (Å²) in [5.74, 6) is 0.338. The second-order valence-corrected chi connectivity index (χ2v) is 7.46. The molecule has 1 aromatic carbocycles. The minimum atomic E-state index is -4.77. The molecular weight excluding hydrogens is 407 g/mol. The second-order valence-electron chi connectivity index (χ2n) is 5.29. The van der Waals surface area contributed by atoms with Crippen LogP contribution in [0.25, 0.3) is 5.82 Å². The van der Waals surface area contributed by atoms with E-state index in [9.17, 15) is 21.6 Å². The summed E-state index contributed by atoms with van der Waals surface area (Å²) in [4.78, 5) is 7.35. The minimum absolute atomic E-state index is 0.213. The third-order valence-electron chi connectivity index (χ3n) is 3.51. The fraction of sp³-hybridized carbons (Fsp3) is 0.133. The maximum Gasteiger partial charge on any atom is 0.417 e. The van der Waals surface area contributed by atoms with Gasteiger partial charge in [-0.25, -0.2) is 27.8 Å². The van der Waals surface area contributed by atoms with E-state index in [4.69, 9.17) is 11.6 Å². The molecule has 0 bridgehead atoms. The van der Waals surface area contributed by atoms with Crippen LogP contribution in [-0.2, 0) is 22.7 Å². The largest absolute Gasteiger partial charge is 0.417 e. The molecule has 7 nitrogen and oxygen atoms in total. The van der Waals surface area contributed by atoms with Gasteiger partial charge in [-0.3, -0.25) is 0 Å². The van der Waals surface area contributed by atoms with E-state index in [1.807, 2.05) is 0 Å². The molecule has 3 rings (SSSR count). The van der Waals surface area contributed by atoms with Gasteiger partial charge in [-0.05, 0) is 24.3 Å². The number of aromatic nitrogens is 4. The third-order valence-corrected chi connectivity index (χ3v) is 5.24. The van der Waals surface area contributed by atoms with Crippen molar-refractivity contribution in [2.24, 2.45) is 0 Å². The summed E-state index contributed by atoms with van der Waals surface area (Å²) in [6.07, 6.45) is -0.611. The summed E-state index contributed by atoms with van der Waals surface area (Å²) in [5, 5.41) is 3.34. The van der Waals surface area contributed by atoms with Gasteiger partial charge in [-0.1, -0.05) is 17.7 Å². The Bertz CT molecular complexity index is 1060. The average molecular weight is 418 g/mol. The molecule has 0 aliphatic carbocycles. The lowest BCUT2D eigenvalue weighted by molar-refractivity contribution is -0.137. The molecule has 2 aromatic heterocycles. The highest BCUT2D eigenvalue weighted by atomic mass is 35.5. The molecule has 27 heavy (non-hydrogen) atoms. The summed E-state index contributed by atoms with van der Waals surface area (Å²) in [6.45, 7) is -0.213. The number of sulfonamides is 1. The van der Waals surface area contributed by atoms with Gasteiger partial charge >= 0.3 is 6.18 Å². The molecule has 12 heteroatoms. The third kappa shape index (κ3) is 4.26. The zero-order valence-corrected chi connectivity index (χ0v) is 14.9. The van der Waals surface area contributed by atoms with Crippen molar-refractivity contribution in [3.63, 3.8) is 0 Å². The summed E-state index contributed by atoms with van der Waals surface area (Å²) < 4.78 is 67.3. The Hall–Kier alpha value is -2.50. The molecule has 0 spiro atoms. The standard InChI is InChI=1S/C15H11ClF3N5O2S/c16-13-4-3-11(6-12(13)15(17,18)19)27(25,26)23-7-10-2-1-5-21-14(10)24-9-20-8-22-24/h1-6,8-9,23H,7H2. The molecule has 0 fully saturated rings. The van der Waals surface area contributed by atoms with E-state index in [1.165, 1.54) is 23.5 Å². The van der Waals surface area contributed by atoms with Gasteiger partial charge in [-0.15, -0.1) is 0 Å². The van der Waals surface area contributed by atoms with Gasteiger partial charge in [0.15, 0.2) is 5.82 Å². The quantitative estimate of drug-likeness (QED) is 0.689. The summed E-state index contributed by atoms with van der Waals surface area (Å²) in [7, 11) is -4.23. The maximum atomic E-state index is 13.0. The highest BCUT2D eigenvalue weighted by Gasteiger charge is 2.34. The van der Waals surface area contributed by atoms with Gasteiger partial charge in [0.2, 0.25) is 10.0 Å². The summed E-state index contributed by atoms with van der Waals surface area (Å²) >= 11 is 5.52. The average Bonchev–Trinajstić information content (AvgIpc) is 3.14. The first kappa shape index (κ1) is 19.3. The van der Waals surface area contributed by atoms with Crippen LogP contribution in [0.5, 0.6) is 0 Å². The van der Waals surface area contributed by atoms with Gasteiger partial charge in [0.25, 0.3) is 0 Å². The van der Waals surface area contributed by atoms with E-state index in [-0.39, 0.29) is 6.54 Å². The molecule has 0 atom stereocenters. The molecule has 0 aliphatic rings.